The monoisotopic (exact) mass is 1400 g/mol. The van der Waals surface area contributed by atoms with Gasteiger partial charge < -0.3 is 89.9 Å². The number of allylic oxidation sites excluding steroid dienone is 1. The van der Waals surface area contributed by atoms with Gasteiger partial charge in [-0.3, -0.25) is 4.79 Å². The normalized spacial score (nSPS) is 26.7. The van der Waals surface area contributed by atoms with Gasteiger partial charge in [-0.25, -0.2) is 0 Å². The van der Waals surface area contributed by atoms with Crippen LogP contribution in [-0.4, -0.2) is 193 Å². The van der Waals surface area contributed by atoms with E-state index in [0.29, 0.717) is 6.42 Å². The molecule has 17 atom stereocenters. The number of carbonyl (C=O) groups is 1. The summed E-state index contributed by atoms with van der Waals surface area (Å²) >= 11 is 0. The van der Waals surface area contributed by atoms with Crippen molar-refractivity contribution < 1.29 is 89.4 Å². The molecular weight excluding hydrogens is 1250 g/mol. The molecule has 3 saturated heterocycles. The molecule has 1 amide bonds. The van der Waals surface area contributed by atoms with Gasteiger partial charge >= 0.3 is 0 Å². The Morgan fingerprint density at radius 1 is 0.357 bits per heavy atom. The zero-order valence-electron chi connectivity index (χ0n) is 62.1. The fourth-order valence-corrected chi connectivity index (χ4v) is 14.3. The molecule has 0 radical (unpaired) electrons. The molecule has 0 spiro atoms. The van der Waals surface area contributed by atoms with E-state index in [1.165, 1.54) is 283 Å². The van der Waals surface area contributed by atoms with Crippen LogP contribution in [0.4, 0.5) is 0 Å². The summed E-state index contributed by atoms with van der Waals surface area (Å²) in [6, 6.07) is -0.970. The topological polar surface area (TPSA) is 307 Å². The fraction of sp³-hybridized carbons (Fsp3) is 0.962. The maximum atomic E-state index is 13.5. The van der Waals surface area contributed by atoms with E-state index in [0.717, 1.165) is 44.9 Å². The summed E-state index contributed by atoms with van der Waals surface area (Å²) in [6.07, 6.45) is 45.0. The number of carbonyl (C=O) groups excluding carboxylic acids is 1. The lowest BCUT2D eigenvalue weighted by Crippen LogP contribution is -2.66. The number of aliphatic hydroxyl groups is 11. The summed E-state index contributed by atoms with van der Waals surface area (Å²) in [6.45, 7) is 1.80. The van der Waals surface area contributed by atoms with Crippen LogP contribution in [0.2, 0.25) is 0 Å². The Balaban J connectivity index is 1.33. The van der Waals surface area contributed by atoms with Gasteiger partial charge in [0.1, 0.15) is 73.2 Å². The SMILES string of the molecule is CCCCCCCCCCCCCCCCCCC/C=C/C(O)C(COC1OC(CO)C(OC2OC(CO)C(OC3OC(CO)C(O)C(O)C3O)C(O)C2O)C(O)C1O)NC(=O)CCCCCCCCCCCCCCCCCCCCCCCCCCCCCCCCCCCC. The predicted octanol–water partition coefficient (Wildman–Crippen LogP) is 13.6. The fourth-order valence-electron chi connectivity index (χ4n) is 14.3. The zero-order valence-corrected chi connectivity index (χ0v) is 62.1. The van der Waals surface area contributed by atoms with E-state index in [1.54, 1.807) is 6.08 Å². The Labute approximate surface area is 595 Å². The predicted molar refractivity (Wildman–Crippen MR) is 388 cm³/mol. The molecule has 19 heteroatoms. The van der Waals surface area contributed by atoms with Crippen LogP contribution >= 0.6 is 0 Å². The maximum absolute atomic E-state index is 13.5. The number of aliphatic hydroxyl groups excluding tert-OH is 11. The van der Waals surface area contributed by atoms with Crippen molar-refractivity contribution in [2.24, 2.45) is 0 Å². The molecule has 3 rings (SSSR count). The van der Waals surface area contributed by atoms with E-state index in [4.69, 9.17) is 28.4 Å². The van der Waals surface area contributed by atoms with Gasteiger partial charge in [-0.2, -0.15) is 0 Å². The summed E-state index contributed by atoms with van der Waals surface area (Å²) in [7, 11) is 0. The van der Waals surface area contributed by atoms with Crippen molar-refractivity contribution in [3.05, 3.63) is 12.2 Å². The Morgan fingerprint density at radius 2 is 0.633 bits per heavy atom. The first-order chi connectivity index (χ1) is 47.8. The number of nitrogens with one attached hydrogen (secondary N) is 1. The summed E-state index contributed by atoms with van der Waals surface area (Å²) in [4.78, 5) is 13.5. The van der Waals surface area contributed by atoms with Crippen molar-refractivity contribution in [2.75, 3.05) is 26.4 Å². The van der Waals surface area contributed by atoms with Crippen LogP contribution in [0.25, 0.3) is 0 Å². The lowest BCUT2D eigenvalue weighted by molar-refractivity contribution is -0.379. The highest BCUT2D eigenvalue weighted by Crippen LogP contribution is 2.33. The van der Waals surface area contributed by atoms with Crippen LogP contribution in [-0.2, 0) is 33.2 Å². The molecular formula is C79H151NO18. The quantitative estimate of drug-likeness (QED) is 0.0199. The van der Waals surface area contributed by atoms with Crippen molar-refractivity contribution in [2.45, 2.75) is 458 Å². The highest BCUT2D eigenvalue weighted by Gasteiger charge is 2.54. The van der Waals surface area contributed by atoms with E-state index < -0.39 is 124 Å². The number of hydrogen-bond donors (Lipinski definition) is 12. The van der Waals surface area contributed by atoms with Gasteiger partial charge in [-0.15, -0.1) is 0 Å². The van der Waals surface area contributed by atoms with Gasteiger partial charge in [0, 0.05) is 6.42 Å². The minimum absolute atomic E-state index is 0.250. The van der Waals surface area contributed by atoms with Crippen LogP contribution in [0.1, 0.15) is 354 Å². The van der Waals surface area contributed by atoms with E-state index in [9.17, 15) is 61.0 Å². The standard InChI is InChI=1S/C79H151NO18/c1-3-5-7-9-11-13-15-17-19-21-23-24-25-26-27-28-29-30-31-32-33-34-35-36-37-39-41-43-45-47-49-51-53-55-57-67(85)80-62(63(84)56-54-52-50-48-46-44-42-40-38-22-20-18-16-14-12-10-8-6-4-2)61-93-77-73(91)70(88)75(65(59-82)95-77)98-79-74(92)71(89)76(66(60-83)96-79)97-78-72(90)69(87)68(86)64(58-81)94-78/h54,56,62-66,68-79,81-84,86-92H,3-53,55,57-61H2,1-2H3,(H,80,85)/b56-54+. The minimum atomic E-state index is -1.98. The number of amides is 1. The maximum Gasteiger partial charge on any atom is 0.220 e. The largest absolute Gasteiger partial charge is 0.394 e. The minimum Gasteiger partial charge on any atom is -0.394 e. The molecule has 3 fully saturated rings. The third-order valence-electron chi connectivity index (χ3n) is 20.8. The number of rotatable bonds is 66. The van der Waals surface area contributed by atoms with Crippen LogP contribution < -0.4 is 5.32 Å². The molecule has 0 bridgehead atoms. The molecule has 0 aliphatic carbocycles. The Kier molecular flexibility index (Phi) is 56.3. The molecule has 17 unspecified atom stereocenters. The average Bonchev–Trinajstić information content (AvgIpc) is 0.784. The molecule has 3 heterocycles. The summed E-state index contributed by atoms with van der Waals surface area (Å²) < 4.78 is 34.5. The summed E-state index contributed by atoms with van der Waals surface area (Å²) in [5.41, 5.74) is 0. The molecule has 0 aromatic heterocycles. The van der Waals surface area contributed by atoms with Crippen molar-refractivity contribution in [3.63, 3.8) is 0 Å². The first-order valence-electron chi connectivity index (χ1n) is 40.9. The first kappa shape index (κ1) is 90.7. The van der Waals surface area contributed by atoms with E-state index in [1.807, 2.05) is 6.08 Å². The lowest BCUT2D eigenvalue weighted by atomic mass is 9.96. The molecule has 0 saturated carbocycles. The summed E-state index contributed by atoms with van der Waals surface area (Å²) in [5.74, 6) is -0.266. The second kappa shape index (κ2) is 60.8. The van der Waals surface area contributed by atoms with Crippen molar-refractivity contribution in [1.82, 2.24) is 5.32 Å². The lowest BCUT2D eigenvalue weighted by Gasteiger charge is -2.48. The smallest absolute Gasteiger partial charge is 0.220 e. The highest BCUT2D eigenvalue weighted by atomic mass is 16.8. The average molecular weight is 1400 g/mol. The van der Waals surface area contributed by atoms with Crippen molar-refractivity contribution in [1.29, 1.82) is 0 Å². The van der Waals surface area contributed by atoms with Gasteiger partial charge in [-0.05, 0) is 19.3 Å². The summed E-state index contributed by atoms with van der Waals surface area (Å²) in [5, 5.41) is 121. The van der Waals surface area contributed by atoms with Crippen LogP contribution in [0.5, 0.6) is 0 Å². The molecule has 3 aliphatic rings. The van der Waals surface area contributed by atoms with Gasteiger partial charge in [0.25, 0.3) is 0 Å². The van der Waals surface area contributed by atoms with E-state index in [-0.39, 0.29) is 18.9 Å². The van der Waals surface area contributed by atoms with Gasteiger partial charge in [-0.1, -0.05) is 341 Å². The van der Waals surface area contributed by atoms with Crippen LogP contribution in [0.15, 0.2) is 12.2 Å². The molecule has 98 heavy (non-hydrogen) atoms. The van der Waals surface area contributed by atoms with Gasteiger partial charge in [0.05, 0.1) is 38.6 Å². The van der Waals surface area contributed by atoms with Gasteiger partial charge in [0.15, 0.2) is 18.9 Å². The van der Waals surface area contributed by atoms with E-state index >= 15 is 0 Å². The third kappa shape index (κ3) is 40.7. The highest BCUT2D eigenvalue weighted by molar-refractivity contribution is 5.76. The molecule has 0 aromatic carbocycles. The third-order valence-corrected chi connectivity index (χ3v) is 20.8. The van der Waals surface area contributed by atoms with Crippen molar-refractivity contribution >= 4 is 5.91 Å². The van der Waals surface area contributed by atoms with Crippen LogP contribution in [0.3, 0.4) is 0 Å². The van der Waals surface area contributed by atoms with Crippen molar-refractivity contribution in [3.8, 4) is 0 Å². The zero-order chi connectivity index (χ0) is 71.1. The first-order valence-corrected chi connectivity index (χ1v) is 40.9. The number of ether oxygens (including phenoxy) is 6. The molecule has 12 N–H and O–H groups in total. The Hall–Kier alpha value is -1.47. The molecule has 580 valence electrons. The molecule has 0 aromatic rings. The van der Waals surface area contributed by atoms with E-state index in [2.05, 4.69) is 19.2 Å². The molecule has 3 aliphatic heterocycles. The second-order valence-corrected chi connectivity index (χ2v) is 29.6. The number of unbranched alkanes of at least 4 members (excludes halogenated alkanes) is 50. The second-order valence-electron chi connectivity index (χ2n) is 29.6. The van der Waals surface area contributed by atoms with Gasteiger partial charge in [0.2, 0.25) is 5.91 Å². The van der Waals surface area contributed by atoms with Crippen LogP contribution in [0, 0.1) is 0 Å². The number of hydrogen-bond acceptors (Lipinski definition) is 18. The molecule has 19 nitrogen and oxygen atoms in total. The Morgan fingerprint density at radius 3 is 0.959 bits per heavy atom. The Bertz CT molecular complexity index is 1820.